The summed E-state index contributed by atoms with van der Waals surface area (Å²) in [7, 11) is 0. The van der Waals surface area contributed by atoms with Crippen molar-refractivity contribution < 1.29 is 14.3 Å². The zero-order valence-corrected chi connectivity index (χ0v) is 11.4. The third-order valence-corrected chi connectivity index (χ3v) is 3.66. The maximum absolute atomic E-state index is 10.9. The number of carboxylic acid groups (broad SMARTS) is 1. The highest BCUT2D eigenvalue weighted by Crippen LogP contribution is 2.21. The summed E-state index contributed by atoms with van der Waals surface area (Å²) in [6.07, 6.45) is 0. The third kappa shape index (κ3) is 2.48. The molecule has 0 saturated heterocycles. The van der Waals surface area contributed by atoms with E-state index < -0.39 is 5.97 Å². The number of nitrogens with zero attached hydrogens (tertiary/aromatic N) is 2. The highest BCUT2D eigenvalue weighted by atomic mass is 32.1. The molecule has 1 aromatic carbocycles. The van der Waals surface area contributed by atoms with E-state index in [9.17, 15) is 4.79 Å². The van der Waals surface area contributed by atoms with Crippen molar-refractivity contribution in [3.05, 3.63) is 39.8 Å². The van der Waals surface area contributed by atoms with Gasteiger partial charge < -0.3 is 14.8 Å². The maximum atomic E-state index is 10.9. The zero-order valence-electron chi connectivity index (χ0n) is 10.6. The van der Waals surface area contributed by atoms with Gasteiger partial charge >= 0.3 is 5.97 Å². The van der Waals surface area contributed by atoms with Crippen molar-refractivity contribution in [2.45, 2.75) is 13.5 Å². The molecule has 3 aromatic rings. The Kier molecular flexibility index (Phi) is 3.11. The van der Waals surface area contributed by atoms with E-state index in [1.165, 1.54) is 12.1 Å². The van der Waals surface area contributed by atoms with E-state index >= 15 is 0 Å². The quantitative estimate of drug-likeness (QED) is 0.767. The van der Waals surface area contributed by atoms with E-state index in [0.29, 0.717) is 23.7 Å². The Labute approximate surface area is 118 Å². The molecule has 2 heterocycles. The Morgan fingerprint density at radius 3 is 3.00 bits per heavy atom. The molecule has 2 aromatic heterocycles. The summed E-state index contributed by atoms with van der Waals surface area (Å²) in [6.45, 7) is 2.46. The molecular formula is C13H11N3O3S. The van der Waals surface area contributed by atoms with Gasteiger partial charge in [-0.05, 0) is 25.1 Å². The number of carboxylic acids is 1. The van der Waals surface area contributed by atoms with Gasteiger partial charge in [0.25, 0.3) is 6.01 Å². The van der Waals surface area contributed by atoms with Crippen LogP contribution in [-0.2, 0) is 6.54 Å². The molecule has 0 amide bonds. The van der Waals surface area contributed by atoms with E-state index in [2.05, 4.69) is 15.3 Å². The minimum absolute atomic E-state index is 0.177. The minimum Gasteiger partial charge on any atom is -0.478 e. The number of fused-ring (bicyclic) bond motifs is 1. The fraction of sp³-hybridized carbons (Fsp3) is 0.154. The lowest BCUT2D eigenvalue weighted by atomic mass is 10.2. The summed E-state index contributed by atoms with van der Waals surface area (Å²) in [5.41, 5.74) is 2.22. The largest absolute Gasteiger partial charge is 0.478 e. The number of hydrogen-bond donors (Lipinski definition) is 2. The lowest BCUT2D eigenvalue weighted by Crippen LogP contribution is -1.98. The highest BCUT2D eigenvalue weighted by molar-refractivity contribution is 7.09. The van der Waals surface area contributed by atoms with Crippen molar-refractivity contribution >= 4 is 34.4 Å². The van der Waals surface area contributed by atoms with E-state index in [4.69, 9.17) is 9.52 Å². The first kappa shape index (κ1) is 12.6. The summed E-state index contributed by atoms with van der Waals surface area (Å²) in [6, 6.07) is 4.95. The van der Waals surface area contributed by atoms with Crippen molar-refractivity contribution in [2.75, 3.05) is 5.32 Å². The zero-order chi connectivity index (χ0) is 14.1. The summed E-state index contributed by atoms with van der Waals surface area (Å²) in [5, 5.41) is 14.9. The smallest absolute Gasteiger partial charge is 0.335 e. The standard InChI is InChI=1S/C13H11N3O3S/c1-7-6-20-11(15-7)5-14-13-16-9-3-2-8(12(17)18)4-10(9)19-13/h2-4,6H,5H2,1H3,(H,14,16)(H,17,18). The SMILES string of the molecule is Cc1csc(CNc2nc3ccc(C(=O)O)cc3o2)n1. The second kappa shape index (κ2) is 4.93. The number of aromatic nitrogens is 2. The van der Waals surface area contributed by atoms with Crippen LogP contribution in [0.2, 0.25) is 0 Å². The van der Waals surface area contributed by atoms with Crippen LogP contribution < -0.4 is 5.32 Å². The molecule has 0 aliphatic rings. The fourth-order valence-electron chi connectivity index (χ4n) is 1.77. The molecule has 3 rings (SSSR count). The van der Waals surface area contributed by atoms with Gasteiger partial charge in [-0.25, -0.2) is 9.78 Å². The molecule has 0 fully saturated rings. The molecule has 0 aliphatic carbocycles. The predicted octanol–water partition coefficient (Wildman–Crippen LogP) is 2.90. The topological polar surface area (TPSA) is 88.2 Å². The Morgan fingerprint density at radius 2 is 2.30 bits per heavy atom. The summed E-state index contributed by atoms with van der Waals surface area (Å²) < 4.78 is 5.48. The van der Waals surface area contributed by atoms with Gasteiger partial charge in [-0.15, -0.1) is 11.3 Å². The monoisotopic (exact) mass is 289 g/mol. The Morgan fingerprint density at radius 1 is 1.45 bits per heavy atom. The number of thiazole rings is 1. The molecule has 0 saturated carbocycles. The predicted molar refractivity (Wildman–Crippen MR) is 75.1 cm³/mol. The second-order valence-electron chi connectivity index (χ2n) is 4.24. The fourth-order valence-corrected chi connectivity index (χ4v) is 2.48. The number of carbonyl (C=O) groups is 1. The van der Waals surface area contributed by atoms with Gasteiger partial charge in [-0.2, -0.15) is 4.98 Å². The summed E-state index contributed by atoms with van der Waals surface area (Å²) in [5.74, 6) is -0.990. The van der Waals surface area contributed by atoms with Crippen LogP contribution in [-0.4, -0.2) is 21.0 Å². The second-order valence-corrected chi connectivity index (χ2v) is 5.19. The van der Waals surface area contributed by atoms with Crippen LogP contribution in [0.5, 0.6) is 0 Å². The Balaban J connectivity index is 1.80. The van der Waals surface area contributed by atoms with E-state index in [-0.39, 0.29) is 5.56 Å². The molecule has 102 valence electrons. The van der Waals surface area contributed by atoms with E-state index in [0.717, 1.165) is 10.7 Å². The number of aryl methyl sites for hydroxylation is 1. The van der Waals surface area contributed by atoms with Crippen LogP contribution in [0, 0.1) is 6.92 Å². The molecule has 7 heteroatoms. The number of aromatic carboxylic acids is 1. The van der Waals surface area contributed by atoms with Crippen molar-refractivity contribution in [3.63, 3.8) is 0 Å². The molecule has 20 heavy (non-hydrogen) atoms. The molecule has 0 atom stereocenters. The molecular weight excluding hydrogens is 278 g/mol. The summed E-state index contributed by atoms with van der Waals surface area (Å²) >= 11 is 1.56. The lowest BCUT2D eigenvalue weighted by Gasteiger charge is -1.96. The van der Waals surface area contributed by atoms with Crippen molar-refractivity contribution in [3.8, 4) is 0 Å². The number of hydrogen-bond acceptors (Lipinski definition) is 6. The van der Waals surface area contributed by atoms with Crippen LogP contribution in [0.25, 0.3) is 11.1 Å². The van der Waals surface area contributed by atoms with E-state index in [1.54, 1.807) is 17.4 Å². The number of nitrogens with one attached hydrogen (secondary N) is 1. The number of oxazole rings is 1. The Bertz CT molecular complexity index is 778. The third-order valence-electron chi connectivity index (χ3n) is 2.69. The Hall–Kier alpha value is -2.41. The van der Waals surface area contributed by atoms with Crippen LogP contribution in [0.15, 0.2) is 28.0 Å². The minimum atomic E-state index is -0.990. The molecule has 0 bridgehead atoms. The first-order chi connectivity index (χ1) is 9.61. The van der Waals surface area contributed by atoms with Crippen LogP contribution in [0.3, 0.4) is 0 Å². The number of rotatable bonds is 4. The van der Waals surface area contributed by atoms with Gasteiger partial charge in [0, 0.05) is 11.1 Å². The van der Waals surface area contributed by atoms with Gasteiger partial charge in [-0.3, -0.25) is 0 Å². The molecule has 6 nitrogen and oxygen atoms in total. The number of benzene rings is 1. The molecule has 0 unspecified atom stereocenters. The van der Waals surface area contributed by atoms with E-state index in [1.807, 2.05) is 12.3 Å². The molecule has 0 radical (unpaired) electrons. The first-order valence-corrected chi connectivity index (χ1v) is 6.78. The van der Waals surface area contributed by atoms with Gasteiger partial charge in [0.2, 0.25) is 0 Å². The van der Waals surface area contributed by atoms with Crippen molar-refractivity contribution in [1.29, 1.82) is 0 Å². The van der Waals surface area contributed by atoms with Crippen LogP contribution in [0.1, 0.15) is 21.1 Å². The average molecular weight is 289 g/mol. The number of anilines is 1. The van der Waals surface area contributed by atoms with Gasteiger partial charge in [0.15, 0.2) is 5.58 Å². The van der Waals surface area contributed by atoms with Crippen LogP contribution in [0.4, 0.5) is 6.01 Å². The normalized spacial score (nSPS) is 10.8. The van der Waals surface area contributed by atoms with Gasteiger partial charge in [-0.1, -0.05) is 0 Å². The van der Waals surface area contributed by atoms with Crippen molar-refractivity contribution in [2.24, 2.45) is 0 Å². The average Bonchev–Trinajstić information content (AvgIpc) is 3.00. The van der Waals surface area contributed by atoms with Gasteiger partial charge in [0.1, 0.15) is 10.5 Å². The van der Waals surface area contributed by atoms with Crippen molar-refractivity contribution in [1.82, 2.24) is 9.97 Å². The molecule has 0 spiro atoms. The summed E-state index contributed by atoms with van der Waals surface area (Å²) in [4.78, 5) is 19.4. The molecule has 2 N–H and O–H groups in total. The first-order valence-electron chi connectivity index (χ1n) is 5.90. The van der Waals surface area contributed by atoms with Crippen LogP contribution >= 0.6 is 11.3 Å². The molecule has 0 aliphatic heterocycles. The highest BCUT2D eigenvalue weighted by Gasteiger charge is 2.10. The maximum Gasteiger partial charge on any atom is 0.335 e. The van der Waals surface area contributed by atoms with Gasteiger partial charge in [0.05, 0.1) is 12.1 Å². The lowest BCUT2D eigenvalue weighted by molar-refractivity contribution is 0.0697.